The van der Waals surface area contributed by atoms with Gasteiger partial charge in [-0.15, -0.1) is 30.7 Å². The summed E-state index contributed by atoms with van der Waals surface area (Å²) in [6.45, 7) is 3.22. The third-order valence-electron chi connectivity index (χ3n) is 12.3. The first kappa shape index (κ1) is 67.6. The maximum Gasteiger partial charge on any atom is 0.297 e. The molecule has 0 heterocycles. The number of hydrogen-bond donors (Lipinski definition) is 10. The van der Waals surface area contributed by atoms with E-state index in [1.54, 1.807) is 19.1 Å². The Morgan fingerprint density at radius 3 is 1.69 bits per heavy atom. The lowest BCUT2D eigenvalue weighted by Crippen LogP contribution is -2.09. The van der Waals surface area contributed by atoms with Crippen LogP contribution in [0.15, 0.2) is 175 Å². The molecular formula is C49H41N11O24S7. The number of nitrogen functional groups attached to an aromatic ring is 1. The minimum Gasteiger partial charge on any atom is -0.505 e. The third-order valence-corrected chi connectivity index (χ3v) is 18.2. The van der Waals surface area contributed by atoms with E-state index in [-0.39, 0.29) is 24.5 Å². The van der Waals surface area contributed by atoms with Crippen LogP contribution in [0.2, 0.25) is 0 Å². The molecule has 0 radical (unpaired) electrons. The molecular weight excluding hydrogens is 1350 g/mol. The lowest BCUT2D eigenvalue weighted by Gasteiger charge is -2.14. The summed E-state index contributed by atoms with van der Waals surface area (Å²) in [5.74, 6) is -2.43. The van der Waals surface area contributed by atoms with Crippen LogP contribution in [0.1, 0.15) is 17.5 Å². The Balaban J connectivity index is 1.15. The molecule has 8 aromatic rings. The zero-order valence-corrected chi connectivity index (χ0v) is 51.3. The minimum atomic E-state index is -5.67. The van der Waals surface area contributed by atoms with Gasteiger partial charge in [-0.1, -0.05) is 23.8 Å². The van der Waals surface area contributed by atoms with Crippen LogP contribution in [-0.4, -0.2) is 105 Å². The Morgan fingerprint density at radius 2 is 1.09 bits per heavy atom. The SMILES string of the molecule is Cc1ccc(OSNc2cc(C)c(N=Nc3ccc(N=Nc4c(S(=O)(=O)O)cc5c(S(=O)(=O)O)c(N=Nc6cc(S(=O)(=O)O)c7ccc(N=Nc8ccc([N+](=O)[O-])cc8S(=O)(=O)O)c(O)c7c6N)ccc5c4O)cc3S(=O)(=O)O)cc2OCCCS(=O)(=O)O)cc1. The predicted molar refractivity (Wildman–Crippen MR) is 322 cm³/mol. The van der Waals surface area contributed by atoms with Crippen molar-refractivity contribution in [2.75, 3.05) is 22.8 Å². The van der Waals surface area contributed by atoms with Crippen molar-refractivity contribution >= 4 is 157 Å². The van der Waals surface area contributed by atoms with Gasteiger partial charge < -0.3 is 24.9 Å². The molecule has 91 heavy (non-hydrogen) atoms. The van der Waals surface area contributed by atoms with Gasteiger partial charge in [-0.2, -0.15) is 60.7 Å². The molecule has 0 aliphatic rings. The van der Waals surface area contributed by atoms with Crippen molar-refractivity contribution in [3.05, 3.63) is 130 Å². The number of nitrogens with one attached hydrogen (secondary N) is 1. The lowest BCUT2D eigenvalue weighted by atomic mass is 10.1. The summed E-state index contributed by atoms with van der Waals surface area (Å²) in [5.41, 5.74) is 1.23. The van der Waals surface area contributed by atoms with Crippen LogP contribution in [0.25, 0.3) is 21.5 Å². The topological polar surface area (TPSA) is 565 Å². The number of nitro groups is 1. The molecule has 0 spiro atoms. The quantitative estimate of drug-likeness (QED) is 0.00415. The Morgan fingerprint density at radius 1 is 0.538 bits per heavy atom. The van der Waals surface area contributed by atoms with Crippen LogP contribution in [0.3, 0.4) is 0 Å². The molecule has 0 bridgehead atoms. The summed E-state index contributed by atoms with van der Waals surface area (Å²) >= 11 is 0.788. The molecule has 0 aliphatic heterocycles. The Bertz CT molecular complexity index is 5190. The van der Waals surface area contributed by atoms with E-state index >= 15 is 0 Å². The largest absolute Gasteiger partial charge is 0.505 e. The molecule has 0 amide bonds. The fourth-order valence-corrected chi connectivity index (χ4v) is 12.6. The maximum absolute atomic E-state index is 13.1. The van der Waals surface area contributed by atoms with Crippen molar-refractivity contribution in [2.45, 2.75) is 44.7 Å². The zero-order chi connectivity index (χ0) is 66.9. The van der Waals surface area contributed by atoms with Crippen LogP contribution in [0.4, 0.5) is 62.6 Å². The molecule has 35 nitrogen and oxygen atoms in total. The Labute approximate surface area is 517 Å². The predicted octanol–water partition coefficient (Wildman–Crippen LogP) is 11.1. The van der Waals surface area contributed by atoms with Gasteiger partial charge in [0.05, 0.1) is 45.4 Å². The molecule has 0 unspecified atom stereocenters. The summed E-state index contributed by atoms with van der Waals surface area (Å²) in [7, 11) is -31.4. The number of aromatic hydroxyl groups is 2. The number of azo groups is 4. The Hall–Kier alpha value is -9.31. The number of nitrogens with zero attached hydrogens (tertiary/aromatic N) is 9. The van der Waals surface area contributed by atoms with Crippen molar-refractivity contribution in [2.24, 2.45) is 40.9 Å². The van der Waals surface area contributed by atoms with E-state index in [4.69, 9.17) is 14.7 Å². The van der Waals surface area contributed by atoms with Crippen LogP contribution >= 0.6 is 12.2 Å². The second kappa shape index (κ2) is 25.9. The molecule has 0 fully saturated rings. The fraction of sp³-hybridized carbons (Fsp3) is 0.102. The molecule has 0 aliphatic carbocycles. The number of nitrogens with two attached hydrogens (primary N) is 1. The number of ether oxygens (including phenoxy) is 1. The average molecular weight is 1390 g/mol. The summed E-state index contributed by atoms with van der Waals surface area (Å²) < 4.78 is 225. The number of nitro benzene ring substituents is 1. The molecule has 8 rings (SSSR count). The Kier molecular flexibility index (Phi) is 19.2. The fourth-order valence-electron chi connectivity index (χ4n) is 8.17. The van der Waals surface area contributed by atoms with E-state index in [2.05, 4.69) is 45.6 Å². The van der Waals surface area contributed by atoms with E-state index in [9.17, 15) is 98.2 Å². The second-order valence-corrected chi connectivity index (χ2v) is 27.7. The number of fused-ring (bicyclic) bond motifs is 2. The maximum atomic E-state index is 13.1. The summed E-state index contributed by atoms with van der Waals surface area (Å²) in [6, 6.07) is 18.9. The molecule has 0 saturated heterocycles. The van der Waals surface area contributed by atoms with Crippen LogP contribution in [0.5, 0.6) is 23.0 Å². The van der Waals surface area contributed by atoms with Gasteiger partial charge in [-0.05, 0) is 98.6 Å². The minimum absolute atomic E-state index is 0.0398. The van der Waals surface area contributed by atoms with Gasteiger partial charge in [0.1, 0.15) is 70.1 Å². The third kappa shape index (κ3) is 16.0. The van der Waals surface area contributed by atoms with Crippen LogP contribution in [-0.2, 0) is 60.7 Å². The van der Waals surface area contributed by atoms with Crippen molar-refractivity contribution in [1.82, 2.24) is 0 Å². The molecule has 0 atom stereocenters. The average Bonchev–Trinajstić information content (AvgIpc) is 0.794. The zero-order valence-electron chi connectivity index (χ0n) is 45.6. The first-order valence-electron chi connectivity index (χ1n) is 24.6. The number of aryl methyl sites for hydroxylation is 2. The highest BCUT2D eigenvalue weighted by molar-refractivity contribution is 7.96. The molecule has 8 aromatic carbocycles. The van der Waals surface area contributed by atoms with Crippen molar-refractivity contribution in [3.8, 4) is 23.0 Å². The number of anilines is 2. The standard InChI is InChI=1S/C49H41N11O24S7/c1-24-4-8-28(9-5-24)84-85-59-37-18-25(2)36(22-39(37)83-16-3-17-86(65,66)67)56-53-32-12-6-26(19-41(32)88(71,72)73)51-58-46-43(90(77,78)79)21-31-29(47(46)61)10-15-35(49(31)91(80,81)82)55-57-38-23-40(87(68,69)70)30-11-14-34(48(62)44(30)45(38)50)54-52-33-13-7-27(60(63)64)20-42(33)89(74,75)76/h4-15,18-23,59,61-62H,3,16-17,50H2,1-2H3,(H,65,66,67)(H,68,69,70)(H,71,72,73)(H,74,75,76)(H,77,78,79)(H,80,81,82). The number of phenols is 2. The van der Waals surface area contributed by atoms with Crippen LogP contribution in [0, 0.1) is 24.0 Å². The normalized spacial score (nSPS) is 12.9. The number of benzene rings is 8. The highest BCUT2D eigenvalue weighted by atomic mass is 32.2. The van der Waals surface area contributed by atoms with Crippen molar-refractivity contribution in [3.63, 3.8) is 0 Å². The number of non-ortho nitro benzene ring substituents is 1. The second-order valence-electron chi connectivity index (χ2n) is 18.7. The molecule has 0 saturated carbocycles. The summed E-state index contributed by atoms with van der Waals surface area (Å²) in [5, 5.41) is 61.6. The summed E-state index contributed by atoms with van der Waals surface area (Å²) in [6.07, 6.45) is -0.148. The van der Waals surface area contributed by atoms with Gasteiger partial charge in [-0.25, -0.2) is 0 Å². The van der Waals surface area contributed by atoms with Crippen molar-refractivity contribution in [1.29, 1.82) is 0 Å². The van der Waals surface area contributed by atoms with Gasteiger partial charge in [0.2, 0.25) is 0 Å². The summed E-state index contributed by atoms with van der Waals surface area (Å²) in [4.78, 5) is 4.38. The van der Waals surface area contributed by atoms with E-state index in [0.717, 1.165) is 66.3 Å². The van der Waals surface area contributed by atoms with Gasteiger partial charge in [0.25, 0.3) is 66.4 Å². The smallest absolute Gasteiger partial charge is 0.297 e. The van der Waals surface area contributed by atoms with E-state index < -0.39 is 180 Å². The number of hydrogen-bond acceptors (Lipinski definition) is 29. The molecule has 478 valence electrons. The van der Waals surface area contributed by atoms with Crippen molar-refractivity contribution < 1.29 is 102 Å². The van der Waals surface area contributed by atoms with Gasteiger partial charge in [0, 0.05) is 34.4 Å². The van der Waals surface area contributed by atoms with E-state index in [0.29, 0.717) is 41.3 Å². The number of rotatable bonds is 23. The highest BCUT2D eigenvalue weighted by Crippen LogP contribution is 2.49. The van der Waals surface area contributed by atoms with Gasteiger partial charge in [0.15, 0.2) is 23.7 Å². The highest BCUT2D eigenvalue weighted by Gasteiger charge is 2.30. The first-order chi connectivity index (χ1) is 42.3. The molecule has 0 aromatic heterocycles. The van der Waals surface area contributed by atoms with Gasteiger partial charge >= 0.3 is 0 Å². The molecule has 42 heteroatoms. The number of phenolic OH excluding ortho intramolecular Hbond substituents is 2. The first-order valence-corrected chi connectivity index (χ1v) is 34.1. The van der Waals surface area contributed by atoms with Gasteiger partial charge in [-0.3, -0.25) is 42.2 Å². The van der Waals surface area contributed by atoms with E-state index in [1.165, 1.54) is 12.1 Å². The van der Waals surface area contributed by atoms with E-state index in [1.807, 2.05) is 19.1 Å². The lowest BCUT2D eigenvalue weighted by molar-refractivity contribution is -0.385. The monoisotopic (exact) mass is 1390 g/mol. The van der Waals surface area contributed by atoms with Crippen LogP contribution < -0.4 is 19.4 Å². The molecule has 11 N–H and O–H groups in total.